The number of piperidine rings is 1. The van der Waals surface area contributed by atoms with Crippen molar-refractivity contribution in [2.24, 2.45) is 0 Å². The predicted molar refractivity (Wildman–Crippen MR) is 84.9 cm³/mol. The van der Waals surface area contributed by atoms with Crippen molar-refractivity contribution in [3.8, 4) is 5.75 Å². The summed E-state index contributed by atoms with van der Waals surface area (Å²) in [4.78, 5) is 2.55. The van der Waals surface area contributed by atoms with E-state index in [2.05, 4.69) is 42.4 Å². The third-order valence-corrected chi connectivity index (χ3v) is 5.52. The molecule has 0 amide bonds. The molecule has 3 aliphatic heterocycles. The fourth-order valence-electron chi connectivity index (χ4n) is 4.41. The molecule has 2 fully saturated rings. The van der Waals surface area contributed by atoms with E-state index in [-0.39, 0.29) is 0 Å². The van der Waals surface area contributed by atoms with E-state index < -0.39 is 0 Å². The first-order valence-electron chi connectivity index (χ1n) is 8.40. The lowest BCUT2D eigenvalue weighted by atomic mass is 9.98. The Morgan fingerprint density at radius 3 is 2.76 bits per heavy atom. The molecule has 3 unspecified atom stereocenters. The second-order valence-corrected chi connectivity index (χ2v) is 7.26. The average Bonchev–Trinajstić information content (AvgIpc) is 3.00. The molecule has 21 heavy (non-hydrogen) atoms. The van der Waals surface area contributed by atoms with Crippen LogP contribution in [0.4, 0.5) is 0 Å². The summed E-state index contributed by atoms with van der Waals surface area (Å²) in [6.07, 6.45) is 6.77. The van der Waals surface area contributed by atoms with Crippen LogP contribution < -0.4 is 10.1 Å². The van der Waals surface area contributed by atoms with Gasteiger partial charge in [0.15, 0.2) is 0 Å². The maximum Gasteiger partial charge on any atom is 0.123 e. The molecule has 3 heteroatoms. The highest BCUT2D eigenvalue weighted by molar-refractivity contribution is 5.40. The summed E-state index contributed by atoms with van der Waals surface area (Å²) in [6, 6.07) is 8.82. The first kappa shape index (κ1) is 13.6. The Kier molecular flexibility index (Phi) is 3.43. The maximum atomic E-state index is 6.14. The van der Waals surface area contributed by atoms with Crippen LogP contribution in [0, 0.1) is 6.92 Å². The van der Waals surface area contributed by atoms with Gasteiger partial charge < -0.3 is 10.1 Å². The largest absolute Gasteiger partial charge is 0.488 e. The SMILES string of the molecule is Cc1ccc2c(c1)CC(CN(C)C1CC3CCC(C1)N3)O2. The smallest absolute Gasteiger partial charge is 0.123 e. The zero-order valence-electron chi connectivity index (χ0n) is 13.1. The van der Waals surface area contributed by atoms with E-state index in [9.17, 15) is 0 Å². The molecular formula is C18H26N2O. The number of benzene rings is 1. The van der Waals surface area contributed by atoms with Crippen molar-refractivity contribution in [2.75, 3.05) is 13.6 Å². The zero-order valence-corrected chi connectivity index (χ0v) is 13.1. The topological polar surface area (TPSA) is 24.5 Å². The van der Waals surface area contributed by atoms with E-state index >= 15 is 0 Å². The normalized spacial score (nSPS) is 34.0. The molecular weight excluding hydrogens is 260 g/mol. The van der Waals surface area contributed by atoms with Gasteiger partial charge in [0, 0.05) is 31.1 Å². The standard InChI is InChI=1S/C18H26N2O/c1-12-3-6-18-13(7-12)8-17(21-18)11-20(2)16-9-14-4-5-15(10-16)19-14/h3,6-7,14-17,19H,4-5,8-11H2,1-2H3. The molecule has 0 aromatic heterocycles. The minimum atomic E-state index is 0.333. The number of rotatable bonds is 3. The third-order valence-electron chi connectivity index (χ3n) is 5.52. The fraction of sp³-hybridized carbons (Fsp3) is 0.667. The fourth-order valence-corrected chi connectivity index (χ4v) is 4.41. The molecule has 3 heterocycles. The van der Waals surface area contributed by atoms with E-state index in [1.54, 1.807) is 0 Å². The number of likely N-dealkylation sites (N-methyl/N-ethyl adjacent to an activating group) is 1. The molecule has 3 nitrogen and oxygen atoms in total. The van der Waals surface area contributed by atoms with E-state index in [0.717, 1.165) is 36.8 Å². The van der Waals surface area contributed by atoms with Crippen LogP contribution >= 0.6 is 0 Å². The summed E-state index contributed by atoms with van der Waals surface area (Å²) in [7, 11) is 2.28. The Morgan fingerprint density at radius 2 is 2.00 bits per heavy atom. The van der Waals surface area contributed by atoms with Gasteiger partial charge in [-0.2, -0.15) is 0 Å². The highest BCUT2D eigenvalue weighted by atomic mass is 16.5. The minimum absolute atomic E-state index is 0.333. The highest BCUT2D eigenvalue weighted by Gasteiger charge is 2.36. The summed E-state index contributed by atoms with van der Waals surface area (Å²) in [5, 5.41) is 3.73. The van der Waals surface area contributed by atoms with E-state index in [4.69, 9.17) is 4.74 Å². The van der Waals surface area contributed by atoms with Crippen LogP contribution in [0.25, 0.3) is 0 Å². The lowest BCUT2D eigenvalue weighted by molar-refractivity contribution is 0.112. The van der Waals surface area contributed by atoms with E-state index in [1.807, 2.05) is 0 Å². The van der Waals surface area contributed by atoms with Crippen LogP contribution in [0.1, 0.15) is 36.8 Å². The van der Waals surface area contributed by atoms with Gasteiger partial charge in [-0.15, -0.1) is 0 Å². The lowest BCUT2D eigenvalue weighted by Gasteiger charge is -2.36. The van der Waals surface area contributed by atoms with E-state index in [0.29, 0.717) is 6.10 Å². The summed E-state index contributed by atoms with van der Waals surface area (Å²) in [5.41, 5.74) is 2.72. The van der Waals surface area contributed by atoms with Crippen molar-refractivity contribution in [1.29, 1.82) is 0 Å². The van der Waals surface area contributed by atoms with Crippen molar-refractivity contribution < 1.29 is 4.74 Å². The maximum absolute atomic E-state index is 6.14. The zero-order chi connectivity index (χ0) is 14.4. The van der Waals surface area contributed by atoms with Gasteiger partial charge in [-0.3, -0.25) is 4.90 Å². The van der Waals surface area contributed by atoms with Gasteiger partial charge in [0.25, 0.3) is 0 Å². The van der Waals surface area contributed by atoms with Gasteiger partial charge in [-0.25, -0.2) is 0 Å². The number of aryl methyl sites for hydroxylation is 1. The first-order valence-corrected chi connectivity index (χ1v) is 8.40. The van der Waals surface area contributed by atoms with Crippen LogP contribution in [0.5, 0.6) is 5.75 Å². The van der Waals surface area contributed by atoms with Crippen molar-refractivity contribution in [1.82, 2.24) is 10.2 Å². The number of hydrogen-bond acceptors (Lipinski definition) is 3. The van der Waals surface area contributed by atoms with Gasteiger partial charge >= 0.3 is 0 Å². The number of nitrogens with one attached hydrogen (secondary N) is 1. The van der Waals surface area contributed by atoms with Crippen molar-refractivity contribution in [2.45, 2.75) is 63.3 Å². The molecule has 0 saturated carbocycles. The van der Waals surface area contributed by atoms with Crippen LogP contribution in [0.3, 0.4) is 0 Å². The van der Waals surface area contributed by atoms with Gasteiger partial charge in [0.1, 0.15) is 11.9 Å². The Bertz CT molecular complexity index is 518. The summed E-state index contributed by atoms with van der Waals surface area (Å²) in [6.45, 7) is 3.21. The highest BCUT2D eigenvalue weighted by Crippen LogP contribution is 2.32. The van der Waals surface area contributed by atoms with Crippen LogP contribution in [0.2, 0.25) is 0 Å². The van der Waals surface area contributed by atoms with Crippen LogP contribution in [-0.2, 0) is 6.42 Å². The van der Waals surface area contributed by atoms with Gasteiger partial charge in [-0.1, -0.05) is 17.7 Å². The van der Waals surface area contributed by atoms with Crippen molar-refractivity contribution in [3.63, 3.8) is 0 Å². The molecule has 4 rings (SSSR count). The summed E-state index contributed by atoms with van der Waals surface area (Å²) in [5.74, 6) is 1.10. The second-order valence-electron chi connectivity index (χ2n) is 7.26. The van der Waals surface area contributed by atoms with Crippen molar-refractivity contribution >= 4 is 0 Å². The van der Waals surface area contributed by atoms with Crippen molar-refractivity contribution in [3.05, 3.63) is 29.3 Å². The van der Waals surface area contributed by atoms with E-state index in [1.165, 1.54) is 36.8 Å². The molecule has 1 aromatic rings. The first-order chi connectivity index (χ1) is 10.2. The Balaban J connectivity index is 1.37. The molecule has 0 aliphatic carbocycles. The molecule has 2 saturated heterocycles. The monoisotopic (exact) mass is 286 g/mol. The molecule has 0 spiro atoms. The molecule has 1 aromatic carbocycles. The Morgan fingerprint density at radius 1 is 1.24 bits per heavy atom. The lowest BCUT2D eigenvalue weighted by Crippen LogP contribution is -2.49. The number of hydrogen-bond donors (Lipinski definition) is 1. The average molecular weight is 286 g/mol. The predicted octanol–water partition coefficient (Wildman–Crippen LogP) is 2.51. The third kappa shape index (κ3) is 2.69. The second kappa shape index (κ2) is 5.29. The molecule has 0 radical (unpaired) electrons. The number of fused-ring (bicyclic) bond motifs is 3. The van der Waals surface area contributed by atoms with Gasteiger partial charge in [0.2, 0.25) is 0 Å². The molecule has 114 valence electrons. The summed E-state index contributed by atoms with van der Waals surface area (Å²) < 4.78 is 6.14. The van der Waals surface area contributed by atoms with Gasteiger partial charge in [0.05, 0.1) is 0 Å². The van der Waals surface area contributed by atoms with Gasteiger partial charge in [-0.05, 0) is 51.3 Å². The van der Waals surface area contributed by atoms with Crippen LogP contribution in [0.15, 0.2) is 18.2 Å². The molecule has 3 atom stereocenters. The molecule has 2 bridgehead atoms. The quantitative estimate of drug-likeness (QED) is 0.924. The summed E-state index contributed by atoms with van der Waals surface area (Å²) >= 11 is 0. The molecule has 3 aliphatic rings. The Labute approximate surface area is 127 Å². The minimum Gasteiger partial charge on any atom is -0.488 e. The number of nitrogens with zero attached hydrogens (tertiary/aromatic N) is 1. The number of ether oxygens (including phenoxy) is 1. The van der Waals surface area contributed by atoms with Crippen LogP contribution in [-0.4, -0.2) is 42.7 Å². The molecule has 1 N–H and O–H groups in total. The Hall–Kier alpha value is -1.06.